The summed E-state index contributed by atoms with van der Waals surface area (Å²) in [6.07, 6.45) is 5.17. The van der Waals surface area contributed by atoms with E-state index in [9.17, 15) is 9.59 Å². The molecule has 0 bridgehead atoms. The predicted octanol–water partition coefficient (Wildman–Crippen LogP) is 2.76. The van der Waals surface area contributed by atoms with E-state index in [1.54, 1.807) is 0 Å². The van der Waals surface area contributed by atoms with Gasteiger partial charge in [0.1, 0.15) is 10.6 Å². The fraction of sp³-hybridized carbons (Fsp3) is 0.619. The Balaban J connectivity index is 1.52. The van der Waals surface area contributed by atoms with Crippen molar-refractivity contribution >= 4 is 23.3 Å². The molecule has 0 saturated carbocycles. The number of likely N-dealkylation sites (tertiary alicyclic amines) is 1. The van der Waals surface area contributed by atoms with Crippen molar-refractivity contribution in [2.24, 2.45) is 0 Å². The Morgan fingerprint density at radius 2 is 2.00 bits per heavy atom. The van der Waals surface area contributed by atoms with Crippen LogP contribution in [0.2, 0.25) is 0 Å². The molecule has 0 radical (unpaired) electrons. The van der Waals surface area contributed by atoms with Crippen LogP contribution in [0.5, 0.6) is 0 Å². The molecule has 31 heavy (non-hydrogen) atoms. The van der Waals surface area contributed by atoms with Crippen LogP contribution in [0.3, 0.4) is 0 Å². The van der Waals surface area contributed by atoms with Gasteiger partial charge in [-0.25, -0.2) is 9.78 Å². The van der Waals surface area contributed by atoms with E-state index >= 15 is 0 Å². The third kappa shape index (κ3) is 6.76. The molecule has 2 aromatic rings. The summed E-state index contributed by atoms with van der Waals surface area (Å²) in [5, 5.41) is 10.0. The lowest BCUT2D eigenvalue weighted by molar-refractivity contribution is -0.133. The van der Waals surface area contributed by atoms with Crippen LogP contribution in [0.25, 0.3) is 11.3 Å². The predicted molar refractivity (Wildman–Crippen MR) is 120 cm³/mol. The minimum atomic E-state index is -0.525. The zero-order valence-corrected chi connectivity index (χ0v) is 19.7. The highest BCUT2D eigenvalue weighted by Crippen LogP contribution is 2.26. The number of thiazole rings is 1. The van der Waals surface area contributed by atoms with Crippen molar-refractivity contribution in [3.05, 3.63) is 22.8 Å². The lowest BCUT2D eigenvalue weighted by Crippen LogP contribution is -2.43. The number of aromatic nitrogens is 3. The van der Waals surface area contributed by atoms with Gasteiger partial charge in [0.15, 0.2) is 0 Å². The highest BCUT2D eigenvalue weighted by molar-refractivity contribution is 7.09. The van der Waals surface area contributed by atoms with E-state index in [4.69, 9.17) is 4.74 Å². The molecule has 0 spiro atoms. The summed E-state index contributed by atoms with van der Waals surface area (Å²) in [6.45, 7) is 7.78. The Kier molecular flexibility index (Phi) is 7.32. The molecule has 3 rings (SSSR count). The number of nitrogens with zero attached hydrogens (tertiary/aromatic N) is 5. The minimum Gasteiger partial charge on any atom is -0.444 e. The molecule has 1 N–H and O–H groups in total. The molecule has 2 aromatic heterocycles. The Morgan fingerprint density at radius 1 is 1.29 bits per heavy atom. The highest BCUT2D eigenvalue weighted by Gasteiger charge is 2.24. The molecule has 9 nitrogen and oxygen atoms in total. The Bertz CT molecular complexity index is 893. The number of nitrogens with one attached hydrogen (secondary N) is 1. The zero-order chi connectivity index (χ0) is 22.6. The molecule has 1 aliphatic heterocycles. The van der Waals surface area contributed by atoms with Gasteiger partial charge in [-0.15, -0.1) is 11.3 Å². The standard InChI is InChI=1S/C21H32N6O3S/c1-21(2,3)30-20(29)22-11-18-24-17(14-31-18)15-10-23-27(12-15)16-6-8-26(9-7-16)19(28)13-25(4)5/h10,12,14,16H,6-9,11,13H2,1-5H3,(H,22,29). The topological polar surface area (TPSA) is 92.6 Å². The fourth-order valence-electron chi connectivity index (χ4n) is 3.41. The van der Waals surface area contributed by atoms with E-state index in [1.807, 2.05) is 67.1 Å². The molecule has 2 amide bonds. The number of alkyl carbamates (subject to hydrolysis) is 1. The number of carbonyl (C=O) groups is 2. The largest absolute Gasteiger partial charge is 0.444 e. The molecule has 0 atom stereocenters. The smallest absolute Gasteiger partial charge is 0.408 e. The lowest BCUT2D eigenvalue weighted by atomic mass is 10.1. The number of rotatable bonds is 6. The molecule has 0 aliphatic carbocycles. The number of piperidine rings is 1. The number of amides is 2. The fourth-order valence-corrected chi connectivity index (χ4v) is 4.15. The maximum atomic E-state index is 12.2. The van der Waals surface area contributed by atoms with Crippen LogP contribution in [-0.4, -0.2) is 75.9 Å². The lowest BCUT2D eigenvalue weighted by Gasteiger charge is -2.32. The summed E-state index contributed by atoms with van der Waals surface area (Å²) >= 11 is 1.49. The summed E-state index contributed by atoms with van der Waals surface area (Å²) in [5.74, 6) is 0.180. The second-order valence-corrected chi connectivity index (χ2v) is 9.98. The van der Waals surface area contributed by atoms with Crippen LogP contribution in [0.1, 0.15) is 44.7 Å². The van der Waals surface area contributed by atoms with Crippen molar-refractivity contribution in [3.63, 3.8) is 0 Å². The average molecular weight is 449 g/mol. The zero-order valence-electron chi connectivity index (χ0n) is 18.9. The summed E-state index contributed by atoms with van der Waals surface area (Å²) in [5.41, 5.74) is 1.27. The quantitative estimate of drug-likeness (QED) is 0.731. The van der Waals surface area contributed by atoms with Gasteiger partial charge in [0.2, 0.25) is 5.91 Å². The van der Waals surface area contributed by atoms with Gasteiger partial charge in [-0.1, -0.05) is 0 Å². The third-order valence-corrected chi connectivity index (χ3v) is 5.72. The molecule has 1 aliphatic rings. The molecule has 1 saturated heterocycles. The van der Waals surface area contributed by atoms with E-state index in [0.717, 1.165) is 42.2 Å². The first kappa shape index (κ1) is 23.2. The van der Waals surface area contributed by atoms with Crippen molar-refractivity contribution < 1.29 is 14.3 Å². The van der Waals surface area contributed by atoms with Crippen molar-refractivity contribution in [2.45, 2.75) is 51.8 Å². The number of carbonyl (C=O) groups excluding carboxylic acids is 2. The second-order valence-electron chi connectivity index (χ2n) is 9.04. The number of hydrogen-bond acceptors (Lipinski definition) is 7. The average Bonchev–Trinajstić information content (AvgIpc) is 3.34. The van der Waals surface area contributed by atoms with Crippen LogP contribution in [0, 0.1) is 0 Å². The van der Waals surface area contributed by atoms with Crippen molar-refractivity contribution in [1.29, 1.82) is 0 Å². The SMILES string of the molecule is CN(C)CC(=O)N1CCC(n2cc(-c3csc(CNC(=O)OC(C)(C)C)n3)cn2)CC1. The summed E-state index contributed by atoms with van der Waals surface area (Å²) < 4.78 is 7.24. The number of ether oxygens (including phenoxy) is 1. The maximum Gasteiger partial charge on any atom is 0.408 e. The summed E-state index contributed by atoms with van der Waals surface area (Å²) in [6, 6.07) is 0.282. The molecule has 3 heterocycles. The Morgan fingerprint density at radius 3 is 2.65 bits per heavy atom. The Labute approximate surface area is 187 Å². The van der Waals surface area contributed by atoms with Crippen LogP contribution < -0.4 is 5.32 Å². The van der Waals surface area contributed by atoms with Crippen molar-refractivity contribution in [1.82, 2.24) is 29.9 Å². The van der Waals surface area contributed by atoms with Gasteiger partial charge in [-0.3, -0.25) is 9.48 Å². The summed E-state index contributed by atoms with van der Waals surface area (Å²) in [7, 11) is 3.82. The van der Waals surface area contributed by atoms with Crippen LogP contribution in [0.4, 0.5) is 4.79 Å². The van der Waals surface area contributed by atoms with E-state index < -0.39 is 11.7 Å². The minimum absolute atomic E-state index is 0.180. The van der Waals surface area contributed by atoms with Crippen molar-refractivity contribution in [2.75, 3.05) is 33.7 Å². The van der Waals surface area contributed by atoms with E-state index in [2.05, 4.69) is 15.4 Å². The number of hydrogen-bond donors (Lipinski definition) is 1. The van der Waals surface area contributed by atoms with Gasteiger partial charge in [-0.2, -0.15) is 5.10 Å². The van der Waals surface area contributed by atoms with Crippen LogP contribution in [-0.2, 0) is 16.1 Å². The van der Waals surface area contributed by atoms with E-state index in [0.29, 0.717) is 13.1 Å². The van der Waals surface area contributed by atoms with Crippen molar-refractivity contribution in [3.8, 4) is 11.3 Å². The molecule has 10 heteroatoms. The summed E-state index contributed by atoms with van der Waals surface area (Å²) in [4.78, 5) is 32.5. The molecule has 1 fully saturated rings. The Hall–Kier alpha value is -2.46. The molecular weight excluding hydrogens is 416 g/mol. The molecule has 170 valence electrons. The van der Waals surface area contributed by atoms with Gasteiger partial charge in [-0.05, 0) is 47.7 Å². The molecule has 0 unspecified atom stereocenters. The van der Waals surface area contributed by atoms with Crippen LogP contribution >= 0.6 is 11.3 Å². The second kappa shape index (κ2) is 9.78. The van der Waals surface area contributed by atoms with Gasteiger partial charge in [0.25, 0.3) is 0 Å². The van der Waals surface area contributed by atoms with Gasteiger partial charge in [0.05, 0.1) is 31.0 Å². The molecular formula is C21H32N6O3S. The van der Waals surface area contributed by atoms with E-state index in [-0.39, 0.29) is 11.9 Å². The monoisotopic (exact) mass is 448 g/mol. The third-order valence-electron chi connectivity index (χ3n) is 4.87. The highest BCUT2D eigenvalue weighted by atomic mass is 32.1. The molecule has 0 aromatic carbocycles. The first-order valence-electron chi connectivity index (χ1n) is 10.5. The number of likely N-dealkylation sites (N-methyl/N-ethyl adjacent to an activating group) is 1. The first-order chi connectivity index (χ1) is 14.6. The van der Waals surface area contributed by atoms with E-state index in [1.165, 1.54) is 11.3 Å². The van der Waals surface area contributed by atoms with Gasteiger partial charge in [0, 0.05) is 30.2 Å². The van der Waals surface area contributed by atoms with Crippen LogP contribution in [0.15, 0.2) is 17.8 Å². The van der Waals surface area contributed by atoms with Gasteiger partial charge >= 0.3 is 6.09 Å². The normalized spacial score (nSPS) is 15.4. The first-order valence-corrected chi connectivity index (χ1v) is 11.4. The maximum absolute atomic E-state index is 12.2. The van der Waals surface area contributed by atoms with Gasteiger partial charge < -0.3 is 19.9 Å².